The van der Waals surface area contributed by atoms with Gasteiger partial charge in [-0.05, 0) is 58.5 Å². The molecule has 19 heavy (non-hydrogen) atoms. The van der Waals surface area contributed by atoms with Crippen LogP contribution in [0, 0.1) is 5.82 Å². The van der Waals surface area contributed by atoms with E-state index in [-0.39, 0.29) is 16.7 Å². The van der Waals surface area contributed by atoms with Crippen molar-refractivity contribution < 1.29 is 13.6 Å². The largest absolute Gasteiger partial charge is 0.451 e. The molecule has 2 aromatic rings. The van der Waals surface area contributed by atoms with Gasteiger partial charge in [0.15, 0.2) is 10.9 Å². The van der Waals surface area contributed by atoms with E-state index in [1.165, 1.54) is 18.2 Å². The minimum atomic E-state index is -0.531. The van der Waals surface area contributed by atoms with Crippen LogP contribution in [0.15, 0.2) is 39.2 Å². The van der Waals surface area contributed by atoms with Crippen LogP contribution in [-0.4, -0.2) is 11.0 Å². The first-order chi connectivity index (χ1) is 8.97. The third-order valence-corrected chi connectivity index (χ3v) is 3.02. The lowest BCUT2D eigenvalue weighted by Gasteiger charge is -2.01. The zero-order valence-electron chi connectivity index (χ0n) is 9.44. The minimum Gasteiger partial charge on any atom is -0.451 e. The van der Waals surface area contributed by atoms with Crippen LogP contribution in [0.4, 0.5) is 4.39 Å². The zero-order valence-corrected chi connectivity index (χ0v) is 11.8. The number of hydrogen-bond acceptors (Lipinski definition) is 3. The van der Waals surface area contributed by atoms with E-state index in [1.807, 2.05) is 0 Å². The van der Waals surface area contributed by atoms with Crippen molar-refractivity contribution in [1.29, 1.82) is 0 Å². The Morgan fingerprint density at radius 1 is 1.37 bits per heavy atom. The Balaban J connectivity index is 2.30. The van der Waals surface area contributed by atoms with Crippen LogP contribution in [0.25, 0.3) is 11.3 Å². The summed E-state index contributed by atoms with van der Waals surface area (Å²) in [4.78, 5) is 11.6. The van der Waals surface area contributed by atoms with E-state index in [4.69, 9.17) is 10.2 Å². The number of carbonyl (C=O) groups excluding carboxylic acids is 1. The van der Waals surface area contributed by atoms with Crippen molar-refractivity contribution in [2.24, 2.45) is 5.73 Å². The molecule has 0 fully saturated rings. The Morgan fingerprint density at radius 2 is 2.11 bits per heavy atom. The molecule has 4 nitrogen and oxygen atoms in total. The van der Waals surface area contributed by atoms with E-state index >= 15 is 0 Å². The summed E-state index contributed by atoms with van der Waals surface area (Å²) in [6.45, 7) is 0. The molecule has 1 aromatic heterocycles. The SMILES string of the molecule is NC(=S)NC(=O)c1ccc(-c2ccc(F)cc2Br)o1. The van der Waals surface area contributed by atoms with Crippen molar-refractivity contribution in [3.8, 4) is 11.3 Å². The summed E-state index contributed by atoms with van der Waals surface area (Å²) >= 11 is 7.79. The van der Waals surface area contributed by atoms with Crippen LogP contribution >= 0.6 is 28.1 Å². The highest BCUT2D eigenvalue weighted by Crippen LogP contribution is 2.30. The smallest absolute Gasteiger partial charge is 0.293 e. The first-order valence-corrected chi connectivity index (χ1v) is 6.33. The van der Waals surface area contributed by atoms with E-state index in [0.717, 1.165) is 0 Å². The molecular weight excluding hydrogens is 335 g/mol. The molecule has 0 aliphatic heterocycles. The predicted molar refractivity (Wildman–Crippen MR) is 76.1 cm³/mol. The van der Waals surface area contributed by atoms with Crippen molar-refractivity contribution in [2.45, 2.75) is 0 Å². The zero-order chi connectivity index (χ0) is 14.0. The van der Waals surface area contributed by atoms with Crippen LogP contribution in [0.1, 0.15) is 10.6 Å². The van der Waals surface area contributed by atoms with Gasteiger partial charge in [-0.15, -0.1) is 0 Å². The molecular formula is C12H8BrFN2O2S. The van der Waals surface area contributed by atoms with Crippen molar-refractivity contribution in [3.05, 3.63) is 46.4 Å². The lowest BCUT2D eigenvalue weighted by atomic mass is 10.2. The van der Waals surface area contributed by atoms with Crippen LogP contribution in [-0.2, 0) is 0 Å². The molecule has 0 aliphatic carbocycles. The molecule has 1 amide bonds. The molecule has 0 atom stereocenters. The molecule has 2 rings (SSSR count). The average molecular weight is 343 g/mol. The van der Waals surface area contributed by atoms with E-state index in [1.54, 1.807) is 12.1 Å². The Kier molecular flexibility index (Phi) is 3.96. The Hall–Kier alpha value is -1.73. The normalized spacial score (nSPS) is 10.2. The monoisotopic (exact) mass is 342 g/mol. The number of carbonyl (C=O) groups is 1. The molecule has 0 saturated carbocycles. The second-order valence-electron chi connectivity index (χ2n) is 3.61. The first kappa shape index (κ1) is 13.7. The summed E-state index contributed by atoms with van der Waals surface area (Å²) < 4.78 is 18.9. The van der Waals surface area contributed by atoms with Crippen molar-refractivity contribution in [1.82, 2.24) is 5.32 Å². The van der Waals surface area contributed by atoms with Gasteiger partial charge in [0.1, 0.15) is 11.6 Å². The topological polar surface area (TPSA) is 68.3 Å². The van der Waals surface area contributed by atoms with Gasteiger partial charge < -0.3 is 10.2 Å². The van der Waals surface area contributed by atoms with Crippen molar-refractivity contribution >= 4 is 39.2 Å². The third kappa shape index (κ3) is 3.18. The maximum absolute atomic E-state index is 13.0. The molecule has 3 N–H and O–H groups in total. The van der Waals surface area contributed by atoms with Gasteiger partial charge in [-0.3, -0.25) is 10.1 Å². The van der Waals surface area contributed by atoms with Gasteiger partial charge in [-0.25, -0.2) is 4.39 Å². The quantitative estimate of drug-likeness (QED) is 0.823. The van der Waals surface area contributed by atoms with E-state index in [2.05, 4.69) is 33.5 Å². The van der Waals surface area contributed by atoms with Crippen molar-refractivity contribution in [2.75, 3.05) is 0 Å². The number of thiocarbonyl (C=S) groups is 1. The summed E-state index contributed by atoms with van der Waals surface area (Å²) in [5.41, 5.74) is 5.83. The van der Waals surface area contributed by atoms with Gasteiger partial charge in [-0.1, -0.05) is 0 Å². The molecule has 1 aromatic carbocycles. The standard InChI is InChI=1S/C12H8BrFN2O2S/c13-8-5-6(14)1-2-7(8)9-3-4-10(18-9)11(17)16-12(15)19/h1-5H,(H3,15,16,17,19). The van der Waals surface area contributed by atoms with Gasteiger partial charge in [0.05, 0.1) is 0 Å². The molecule has 7 heteroatoms. The predicted octanol–water partition coefficient (Wildman–Crippen LogP) is 2.82. The molecule has 0 bridgehead atoms. The van der Waals surface area contributed by atoms with Crippen molar-refractivity contribution in [3.63, 3.8) is 0 Å². The van der Waals surface area contributed by atoms with E-state index in [9.17, 15) is 9.18 Å². The highest BCUT2D eigenvalue weighted by atomic mass is 79.9. The van der Waals surface area contributed by atoms with Gasteiger partial charge in [0, 0.05) is 10.0 Å². The molecule has 0 saturated heterocycles. The summed E-state index contributed by atoms with van der Waals surface area (Å²) in [7, 11) is 0. The van der Waals surface area contributed by atoms with Gasteiger partial charge in [0.2, 0.25) is 0 Å². The molecule has 0 unspecified atom stereocenters. The number of rotatable bonds is 2. The Labute approximate surface area is 121 Å². The maximum atomic E-state index is 13.0. The summed E-state index contributed by atoms with van der Waals surface area (Å²) in [6.07, 6.45) is 0. The molecule has 0 radical (unpaired) electrons. The van der Waals surface area contributed by atoms with Crippen LogP contribution < -0.4 is 11.1 Å². The molecule has 0 spiro atoms. The Morgan fingerprint density at radius 3 is 2.74 bits per heavy atom. The number of furan rings is 1. The minimum absolute atomic E-state index is 0.0685. The highest BCUT2D eigenvalue weighted by molar-refractivity contribution is 9.10. The third-order valence-electron chi connectivity index (χ3n) is 2.26. The molecule has 98 valence electrons. The number of hydrogen-bond donors (Lipinski definition) is 2. The number of amides is 1. The first-order valence-electron chi connectivity index (χ1n) is 5.13. The van der Waals surface area contributed by atoms with Crippen LogP contribution in [0.3, 0.4) is 0 Å². The van der Waals surface area contributed by atoms with Gasteiger partial charge in [-0.2, -0.15) is 0 Å². The number of nitrogens with one attached hydrogen (secondary N) is 1. The van der Waals surface area contributed by atoms with Gasteiger partial charge in [0.25, 0.3) is 5.91 Å². The molecule has 1 heterocycles. The maximum Gasteiger partial charge on any atom is 0.293 e. The number of halogens is 2. The molecule has 0 aliphatic rings. The number of nitrogens with two attached hydrogens (primary N) is 1. The fourth-order valence-electron chi connectivity index (χ4n) is 1.47. The second-order valence-corrected chi connectivity index (χ2v) is 4.90. The van der Waals surface area contributed by atoms with E-state index in [0.29, 0.717) is 15.8 Å². The lowest BCUT2D eigenvalue weighted by Crippen LogP contribution is -2.34. The highest BCUT2D eigenvalue weighted by Gasteiger charge is 2.14. The van der Waals surface area contributed by atoms with Gasteiger partial charge >= 0.3 is 0 Å². The van der Waals surface area contributed by atoms with Crippen LogP contribution in [0.5, 0.6) is 0 Å². The summed E-state index contributed by atoms with van der Waals surface area (Å²) in [5, 5.41) is 2.12. The lowest BCUT2D eigenvalue weighted by molar-refractivity contribution is 0.0951. The fourth-order valence-corrected chi connectivity index (χ4v) is 2.11. The summed E-state index contributed by atoms with van der Waals surface area (Å²) in [6, 6.07) is 7.25. The number of benzene rings is 1. The Bertz CT molecular complexity index is 657. The summed E-state index contributed by atoms with van der Waals surface area (Å²) in [5.74, 6) is -0.399. The average Bonchev–Trinajstić information content (AvgIpc) is 2.77. The van der Waals surface area contributed by atoms with E-state index < -0.39 is 5.91 Å². The van der Waals surface area contributed by atoms with Crippen LogP contribution in [0.2, 0.25) is 0 Å². The second kappa shape index (κ2) is 5.50. The fraction of sp³-hybridized carbons (Fsp3) is 0.